The van der Waals surface area contributed by atoms with Gasteiger partial charge in [-0.25, -0.2) is 26.4 Å². The number of sulfonamides is 1. The number of ether oxygens (including phenoxy) is 1. The molecular weight excluding hydrogens is 621 g/mol. The fraction of sp³-hybridized carbons (Fsp3) is 0.394. The third-order valence-corrected chi connectivity index (χ3v) is 11.0. The van der Waals surface area contributed by atoms with Crippen LogP contribution in [-0.4, -0.2) is 68.3 Å². The Labute approximate surface area is 266 Å². The van der Waals surface area contributed by atoms with E-state index in [1.807, 2.05) is 6.92 Å². The summed E-state index contributed by atoms with van der Waals surface area (Å²) in [5, 5.41) is 8.07. The Morgan fingerprint density at radius 2 is 1.61 bits per heavy atom. The first-order valence-electron chi connectivity index (χ1n) is 15.2. The van der Waals surface area contributed by atoms with E-state index in [4.69, 9.17) is 4.74 Å². The fourth-order valence-electron chi connectivity index (χ4n) is 6.14. The standard InChI is InChI=1S/C33H37F3N4O5S/c1-20-18-37-19-25(40(20)46(43,44)26-13-14-26)12-15-27-28(36)10-5-11-29(27)38-32(41)31(39-33(42)45-2)30(21-6-3-8-23(34)16-21)22-7-4-9-24(35)17-22/h3-11,16-17,20,25-26,30-31,37H,12-15,18-19H2,1-2H3,(H,38,41)(H,39,42)/t20-,25-,31-/m0/s1. The molecule has 9 nitrogen and oxygen atoms in total. The van der Waals surface area contributed by atoms with Crippen LogP contribution in [0, 0.1) is 17.5 Å². The zero-order valence-corrected chi connectivity index (χ0v) is 26.3. The van der Waals surface area contributed by atoms with E-state index < -0.39 is 57.5 Å². The van der Waals surface area contributed by atoms with Gasteiger partial charge in [0.1, 0.15) is 23.5 Å². The van der Waals surface area contributed by atoms with Gasteiger partial charge in [-0.2, -0.15) is 4.31 Å². The number of benzene rings is 3. The van der Waals surface area contributed by atoms with Crippen LogP contribution in [-0.2, 0) is 26.0 Å². The molecular formula is C33H37F3N4O5S. The van der Waals surface area contributed by atoms with Gasteiger partial charge >= 0.3 is 6.09 Å². The quantitative estimate of drug-likeness (QED) is 0.276. The van der Waals surface area contributed by atoms with Crippen LogP contribution in [0.15, 0.2) is 66.7 Å². The second kappa shape index (κ2) is 14.2. The van der Waals surface area contributed by atoms with Crippen LogP contribution in [0.3, 0.4) is 0 Å². The molecule has 246 valence electrons. The monoisotopic (exact) mass is 658 g/mol. The van der Waals surface area contributed by atoms with Crippen molar-refractivity contribution in [2.24, 2.45) is 0 Å². The summed E-state index contributed by atoms with van der Waals surface area (Å²) in [5.41, 5.74) is 0.824. The van der Waals surface area contributed by atoms with Crippen molar-refractivity contribution in [3.8, 4) is 0 Å². The molecule has 3 aromatic carbocycles. The third kappa shape index (κ3) is 7.54. The molecule has 3 N–H and O–H groups in total. The highest BCUT2D eigenvalue weighted by atomic mass is 32.2. The lowest BCUT2D eigenvalue weighted by Crippen LogP contribution is -2.59. The van der Waals surface area contributed by atoms with E-state index in [0.717, 1.165) is 7.11 Å². The van der Waals surface area contributed by atoms with Crippen molar-refractivity contribution in [3.63, 3.8) is 0 Å². The average molecular weight is 659 g/mol. The van der Waals surface area contributed by atoms with Crippen LogP contribution in [0.5, 0.6) is 0 Å². The molecule has 1 heterocycles. The fourth-order valence-corrected chi connectivity index (χ4v) is 8.39. The van der Waals surface area contributed by atoms with Crippen LogP contribution in [0.2, 0.25) is 0 Å². The molecule has 3 atom stereocenters. The lowest BCUT2D eigenvalue weighted by Gasteiger charge is -2.40. The Morgan fingerprint density at radius 3 is 2.20 bits per heavy atom. The Kier molecular flexibility index (Phi) is 10.3. The summed E-state index contributed by atoms with van der Waals surface area (Å²) < 4.78 is 77.0. The summed E-state index contributed by atoms with van der Waals surface area (Å²) in [6, 6.07) is 12.8. The van der Waals surface area contributed by atoms with Gasteiger partial charge in [0.15, 0.2) is 0 Å². The number of carbonyl (C=O) groups excluding carboxylic acids is 2. The summed E-state index contributed by atoms with van der Waals surface area (Å²) in [4.78, 5) is 26.5. The Balaban J connectivity index is 1.45. The molecule has 5 rings (SSSR count). The molecule has 13 heteroatoms. The molecule has 0 spiro atoms. The topological polar surface area (TPSA) is 117 Å². The summed E-state index contributed by atoms with van der Waals surface area (Å²) in [7, 11) is -2.39. The number of amides is 2. The maximum absolute atomic E-state index is 15.4. The number of hydrogen-bond acceptors (Lipinski definition) is 6. The number of rotatable bonds is 11. The second-order valence-electron chi connectivity index (χ2n) is 11.7. The second-order valence-corrected chi connectivity index (χ2v) is 13.8. The predicted molar refractivity (Wildman–Crippen MR) is 167 cm³/mol. The van der Waals surface area contributed by atoms with E-state index in [2.05, 4.69) is 16.0 Å². The molecule has 1 aliphatic heterocycles. The number of anilines is 1. The smallest absolute Gasteiger partial charge is 0.407 e. The van der Waals surface area contributed by atoms with Gasteiger partial charge in [-0.05, 0) is 80.1 Å². The van der Waals surface area contributed by atoms with Crippen molar-refractivity contribution in [2.45, 2.75) is 61.9 Å². The van der Waals surface area contributed by atoms with Crippen LogP contribution in [0.1, 0.15) is 48.8 Å². The highest BCUT2D eigenvalue weighted by Gasteiger charge is 2.45. The zero-order valence-electron chi connectivity index (χ0n) is 25.5. The van der Waals surface area contributed by atoms with Crippen LogP contribution < -0.4 is 16.0 Å². The number of piperazine rings is 1. The van der Waals surface area contributed by atoms with Gasteiger partial charge < -0.3 is 20.7 Å². The first-order chi connectivity index (χ1) is 22.0. The normalized spacial score (nSPS) is 19.4. The highest BCUT2D eigenvalue weighted by molar-refractivity contribution is 7.90. The zero-order chi connectivity index (χ0) is 33.0. The molecule has 1 saturated heterocycles. The maximum Gasteiger partial charge on any atom is 0.407 e. The van der Waals surface area contributed by atoms with Crippen molar-refractivity contribution in [2.75, 3.05) is 25.5 Å². The molecule has 2 aliphatic rings. The van der Waals surface area contributed by atoms with Crippen molar-refractivity contribution < 1.29 is 35.9 Å². The van der Waals surface area contributed by atoms with Crippen molar-refractivity contribution in [1.82, 2.24) is 14.9 Å². The number of methoxy groups -OCH3 is 1. The van der Waals surface area contributed by atoms with E-state index in [-0.39, 0.29) is 46.5 Å². The molecule has 3 aromatic rings. The minimum Gasteiger partial charge on any atom is -0.453 e. The van der Waals surface area contributed by atoms with Gasteiger partial charge in [-0.1, -0.05) is 30.3 Å². The first-order valence-corrected chi connectivity index (χ1v) is 16.7. The van der Waals surface area contributed by atoms with Gasteiger partial charge in [0, 0.05) is 42.3 Å². The third-order valence-electron chi connectivity index (χ3n) is 8.45. The van der Waals surface area contributed by atoms with E-state index in [9.17, 15) is 26.8 Å². The van der Waals surface area contributed by atoms with Gasteiger partial charge in [0.25, 0.3) is 0 Å². The first kappa shape index (κ1) is 33.4. The summed E-state index contributed by atoms with van der Waals surface area (Å²) >= 11 is 0. The van der Waals surface area contributed by atoms with Crippen molar-refractivity contribution in [1.29, 1.82) is 0 Å². The Hall–Kier alpha value is -3.94. The average Bonchev–Trinajstić information content (AvgIpc) is 3.87. The predicted octanol–water partition coefficient (Wildman–Crippen LogP) is 4.69. The van der Waals surface area contributed by atoms with E-state index in [0.29, 0.717) is 25.9 Å². The van der Waals surface area contributed by atoms with Gasteiger partial charge in [0.2, 0.25) is 15.9 Å². The molecule has 2 fully saturated rings. The van der Waals surface area contributed by atoms with Gasteiger partial charge in [-0.15, -0.1) is 0 Å². The lowest BCUT2D eigenvalue weighted by molar-refractivity contribution is -0.118. The van der Waals surface area contributed by atoms with E-state index in [1.165, 1.54) is 54.6 Å². The van der Waals surface area contributed by atoms with E-state index in [1.54, 1.807) is 16.4 Å². The number of alkyl carbamates (subject to hydrolysis) is 1. The number of hydrogen-bond donors (Lipinski definition) is 3. The summed E-state index contributed by atoms with van der Waals surface area (Å²) in [6.45, 7) is 2.76. The number of nitrogens with zero attached hydrogens (tertiary/aromatic N) is 1. The van der Waals surface area contributed by atoms with E-state index >= 15 is 4.39 Å². The highest BCUT2D eigenvalue weighted by Crippen LogP contribution is 2.35. The molecule has 1 aliphatic carbocycles. The van der Waals surface area contributed by atoms with Crippen LogP contribution in [0.4, 0.5) is 23.7 Å². The van der Waals surface area contributed by atoms with Gasteiger partial charge in [-0.3, -0.25) is 4.79 Å². The lowest BCUT2D eigenvalue weighted by atomic mass is 9.84. The molecule has 1 saturated carbocycles. The van der Waals surface area contributed by atoms with Gasteiger partial charge in [0.05, 0.1) is 12.4 Å². The largest absolute Gasteiger partial charge is 0.453 e. The van der Waals surface area contributed by atoms with Crippen molar-refractivity contribution >= 4 is 27.7 Å². The maximum atomic E-state index is 15.4. The molecule has 0 bridgehead atoms. The molecule has 0 unspecified atom stereocenters. The van der Waals surface area contributed by atoms with Crippen LogP contribution >= 0.6 is 0 Å². The molecule has 0 aromatic heterocycles. The number of halogens is 3. The van der Waals surface area contributed by atoms with Crippen molar-refractivity contribution in [3.05, 3.63) is 101 Å². The minimum atomic E-state index is -3.50. The Morgan fingerprint density at radius 1 is 0.978 bits per heavy atom. The summed E-state index contributed by atoms with van der Waals surface area (Å²) in [6.07, 6.45) is 0.675. The minimum absolute atomic E-state index is 0.102. The molecule has 0 radical (unpaired) electrons. The van der Waals surface area contributed by atoms with Crippen LogP contribution in [0.25, 0.3) is 0 Å². The Bertz CT molecular complexity index is 1640. The summed E-state index contributed by atoms with van der Waals surface area (Å²) in [5.74, 6) is -3.67. The number of carbonyl (C=O) groups is 2. The SMILES string of the molecule is COC(=O)N[C@H](C(=O)Nc1cccc(F)c1CC[C@H]1CNC[C@H](C)N1S(=O)(=O)C1CC1)C(c1cccc(F)c1)c1cccc(F)c1. The molecule has 2 amide bonds. The molecule has 46 heavy (non-hydrogen) atoms. The number of nitrogens with one attached hydrogen (secondary N) is 3.